The second-order valence-electron chi connectivity index (χ2n) is 5.06. The lowest BCUT2D eigenvalue weighted by Crippen LogP contribution is -2.11. The third-order valence-corrected chi connectivity index (χ3v) is 3.63. The Morgan fingerprint density at radius 2 is 1.96 bits per heavy atom. The van der Waals surface area contributed by atoms with Crippen LogP contribution in [0.3, 0.4) is 0 Å². The summed E-state index contributed by atoms with van der Waals surface area (Å²) in [6, 6.07) is 5.54. The molecule has 6 heteroatoms. The first-order valence-electron chi connectivity index (χ1n) is 7.46. The minimum absolute atomic E-state index is 0.244. The van der Waals surface area contributed by atoms with Crippen molar-refractivity contribution in [3.63, 3.8) is 0 Å². The Bertz CT molecular complexity index is 732. The number of carbonyl (C=O) groups excluding carboxylic acids is 2. The Kier molecular flexibility index (Phi) is 5.26. The Labute approximate surface area is 134 Å². The standard InChI is InChI=1S/C17H21NO5/c1-5-22-17(20)16-11(2)18(8-9-23-12(3)19)15-7-6-13(21-4)10-14(15)16/h6-7,10H,5,8-9H2,1-4H3. The van der Waals surface area contributed by atoms with Gasteiger partial charge in [-0.05, 0) is 32.0 Å². The fraction of sp³-hybridized carbons (Fsp3) is 0.412. The SMILES string of the molecule is CCOC(=O)c1c(C)n(CCOC(C)=O)c2ccc(OC)cc12. The van der Waals surface area contributed by atoms with Gasteiger partial charge in [0.25, 0.3) is 0 Å². The molecule has 0 atom stereocenters. The molecule has 0 unspecified atom stereocenters. The van der Waals surface area contributed by atoms with E-state index < -0.39 is 0 Å². The molecule has 1 aromatic carbocycles. The molecule has 2 rings (SSSR count). The average Bonchev–Trinajstić information content (AvgIpc) is 2.78. The number of aromatic nitrogens is 1. The maximum Gasteiger partial charge on any atom is 0.340 e. The van der Waals surface area contributed by atoms with Crippen LogP contribution in [0.2, 0.25) is 0 Å². The second kappa shape index (κ2) is 7.17. The molecule has 2 aromatic rings. The van der Waals surface area contributed by atoms with Gasteiger partial charge in [-0.25, -0.2) is 4.79 Å². The second-order valence-corrected chi connectivity index (χ2v) is 5.06. The number of esters is 2. The zero-order chi connectivity index (χ0) is 17.0. The molecule has 0 spiro atoms. The Balaban J connectivity index is 2.51. The van der Waals surface area contributed by atoms with Crippen molar-refractivity contribution in [1.29, 1.82) is 0 Å². The smallest absolute Gasteiger partial charge is 0.340 e. The highest BCUT2D eigenvalue weighted by Crippen LogP contribution is 2.30. The van der Waals surface area contributed by atoms with Crippen molar-refractivity contribution in [2.45, 2.75) is 27.3 Å². The first kappa shape index (κ1) is 16.9. The van der Waals surface area contributed by atoms with Gasteiger partial charge < -0.3 is 18.8 Å². The van der Waals surface area contributed by atoms with Gasteiger partial charge in [0, 0.05) is 23.5 Å². The normalized spacial score (nSPS) is 10.6. The largest absolute Gasteiger partial charge is 0.497 e. The summed E-state index contributed by atoms with van der Waals surface area (Å²) in [5, 5.41) is 0.767. The number of ether oxygens (including phenoxy) is 3. The molecule has 124 valence electrons. The van der Waals surface area contributed by atoms with Gasteiger partial charge in [0.05, 0.1) is 25.8 Å². The van der Waals surface area contributed by atoms with Crippen LogP contribution in [0.1, 0.15) is 29.9 Å². The predicted octanol–water partition coefficient (Wildman–Crippen LogP) is 2.70. The maximum atomic E-state index is 12.3. The number of nitrogens with zero attached hydrogens (tertiary/aromatic N) is 1. The Hall–Kier alpha value is -2.50. The van der Waals surface area contributed by atoms with Crippen LogP contribution in [0.5, 0.6) is 5.75 Å². The lowest BCUT2D eigenvalue weighted by molar-refractivity contribution is -0.141. The van der Waals surface area contributed by atoms with E-state index in [-0.39, 0.29) is 18.5 Å². The van der Waals surface area contributed by atoms with Gasteiger partial charge in [0.2, 0.25) is 0 Å². The van der Waals surface area contributed by atoms with Gasteiger partial charge in [-0.15, -0.1) is 0 Å². The van der Waals surface area contributed by atoms with E-state index in [4.69, 9.17) is 14.2 Å². The van der Waals surface area contributed by atoms with Gasteiger partial charge in [-0.2, -0.15) is 0 Å². The van der Waals surface area contributed by atoms with Crippen LogP contribution in [0.15, 0.2) is 18.2 Å². The number of fused-ring (bicyclic) bond motifs is 1. The highest BCUT2D eigenvalue weighted by atomic mass is 16.5. The van der Waals surface area contributed by atoms with Crippen molar-refractivity contribution in [1.82, 2.24) is 4.57 Å². The summed E-state index contributed by atoms with van der Waals surface area (Å²) in [6.07, 6.45) is 0. The van der Waals surface area contributed by atoms with E-state index in [0.717, 1.165) is 16.6 Å². The molecule has 0 aliphatic carbocycles. The molecule has 0 saturated carbocycles. The summed E-state index contributed by atoms with van der Waals surface area (Å²) in [5.41, 5.74) is 2.17. The van der Waals surface area contributed by atoms with Crippen LogP contribution >= 0.6 is 0 Å². The van der Waals surface area contributed by atoms with Crippen LogP contribution in [0.4, 0.5) is 0 Å². The number of hydrogen-bond acceptors (Lipinski definition) is 5. The minimum Gasteiger partial charge on any atom is -0.497 e. The average molecular weight is 319 g/mol. The number of carbonyl (C=O) groups is 2. The van der Waals surface area contributed by atoms with Crippen molar-refractivity contribution in [3.05, 3.63) is 29.5 Å². The molecule has 1 aromatic heterocycles. The van der Waals surface area contributed by atoms with E-state index in [0.29, 0.717) is 24.5 Å². The van der Waals surface area contributed by atoms with E-state index in [1.165, 1.54) is 6.92 Å². The Morgan fingerprint density at radius 3 is 2.57 bits per heavy atom. The lowest BCUT2D eigenvalue weighted by Gasteiger charge is -2.09. The van der Waals surface area contributed by atoms with Crippen molar-refractivity contribution in [3.8, 4) is 5.75 Å². The summed E-state index contributed by atoms with van der Waals surface area (Å²) < 4.78 is 17.4. The molecule has 23 heavy (non-hydrogen) atoms. The van der Waals surface area contributed by atoms with Gasteiger partial charge >= 0.3 is 11.9 Å². The maximum absolute atomic E-state index is 12.3. The van der Waals surface area contributed by atoms with E-state index in [1.807, 2.05) is 29.7 Å². The van der Waals surface area contributed by atoms with E-state index in [9.17, 15) is 9.59 Å². The first-order valence-corrected chi connectivity index (χ1v) is 7.46. The number of benzene rings is 1. The molecule has 0 radical (unpaired) electrons. The van der Waals surface area contributed by atoms with Crippen molar-refractivity contribution >= 4 is 22.8 Å². The number of methoxy groups -OCH3 is 1. The fourth-order valence-corrected chi connectivity index (χ4v) is 2.62. The van der Waals surface area contributed by atoms with E-state index >= 15 is 0 Å². The quantitative estimate of drug-likeness (QED) is 0.766. The zero-order valence-corrected chi connectivity index (χ0v) is 13.8. The summed E-state index contributed by atoms with van der Waals surface area (Å²) in [4.78, 5) is 23.3. The van der Waals surface area contributed by atoms with Gasteiger partial charge in [-0.3, -0.25) is 4.79 Å². The molecule has 0 amide bonds. The fourth-order valence-electron chi connectivity index (χ4n) is 2.62. The van der Waals surface area contributed by atoms with Crippen LogP contribution in [-0.2, 0) is 20.8 Å². The molecular weight excluding hydrogens is 298 g/mol. The highest BCUT2D eigenvalue weighted by molar-refractivity contribution is 6.06. The topological polar surface area (TPSA) is 66.8 Å². The number of rotatable bonds is 6. The zero-order valence-electron chi connectivity index (χ0n) is 13.8. The molecule has 1 heterocycles. The van der Waals surface area contributed by atoms with Gasteiger partial charge in [0.15, 0.2) is 0 Å². The van der Waals surface area contributed by atoms with Gasteiger partial charge in [-0.1, -0.05) is 0 Å². The van der Waals surface area contributed by atoms with Crippen LogP contribution in [0, 0.1) is 6.92 Å². The molecule has 0 aliphatic heterocycles. The minimum atomic E-state index is -0.366. The van der Waals surface area contributed by atoms with Gasteiger partial charge in [0.1, 0.15) is 12.4 Å². The number of hydrogen-bond donors (Lipinski definition) is 0. The molecule has 6 nitrogen and oxygen atoms in total. The highest BCUT2D eigenvalue weighted by Gasteiger charge is 2.21. The van der Waals surface area contributed by atoms with E-state index in [1.54, 1.807) is 14.0 Å². The molecule has 0 saturated heterocycles. The third kappa shape index (κ3) is 3.47. The monoisotopic (exact) mass is 319 g/mol. The molecule has 0 fully saturated rings. The lowest BCUT2D eigenvalue weighted by atomic mass is 10.1. The molecule has 0 aliphatic rings. The molecular formula is C17H21NO5. The summed E-state index contributed by atoms with van der Waals surface area (Å²) in [5.74, 6) is -0.0268. The summed E-state index contributed by atoms with van der Waals surface area (Å²) >= 11 is 0. The van der Waals surface area contributed by atoms with Crippen molar-refractivity contribution in [2.75, 3.05) is 20.3 Å². The molecule has 0 bridgehead atoms. The van der Waals surface area contributed by atoms with E-state index in [2.05, 4.69) is 0 Å². The van der Waals surface area contributed by atoms with Crippen LogP contribution < -0.4 is 4.74 Å². The predicted molar refractivity (Wildman–Crippen MR) is 85.8 cm³/mol. The van der Waals surface area contributed by atoms with Crippen molar-refractivity contribution < 1.29 is 23.8 Å². The molecule has 0 N–H and O–H groups in total. The third-order valence-electron chi connectivity index (χ3n) is 3.63. The van der Waals surface area contributed by atoms with Crippen LogP contribution in [-0.4, -0.2) is 36.8 Å². The van der Waals surface area contributed by atoms with Crippen LogP contribution in [0.25, 0.3) is 10.9 Å². The summed E-state index contributed by atoms with van der Waals surface area (Å²) in [7, 11) is 1.58. The Morgan fingerprint density at radius 1 is 1.22 bits per heavy atom. The summed E-state index contributed by atoms with van der Waals surface area (Å²) in [6.45, 7) is 6.01. The first-order chi connectivity index (χ1) is 11.0. The van der Waals surface area contributed by atoms with Crippen molar-refractivity contribution in [2.24, 2.45) is 0 Å².